The number of non-ortho nitro benzene ring substituents is 1. The Balaban J connectivity index is 2.45. The summed E-state index contributed by atoms with van der Waals surface area (Å²) in [4.78, 5) is 21.3. The second-order valence-corrected chi connectivity index (χ2v) is 3.91. The van der Waals surface area contributed by atoms with Gasteiger partial charge in [0.2, 0.25) is 0 Å². The lowest BCUT2D eigenvalue weighted by Gasteiger charge is -2.07. The molecule has 0 aromatic heterocycles. The lowest BCUT2D eigenvalue weighted by molar-refractivity contribution is -0.384. The molecule has 0 unspecified atom stereocenters. The van der Waals surface area contributed by atoms with Gasteiger partial charge in [-0.15, -0.1) is 0 Å². The highest BCUT2D eigenvalue weighted by Gasteiger charge is 2.08. The largest absolute Gasteiger partial charge is 0.466 e. The Hall–Kier alpha value is -2.31. The number of hydrogen-bond donors (Lipinski definition) is 2. The molecule has 0 aliphatic heterocycles. The van der Waals surface area contributed by atoms with Crippen LogP contribution >= 0.6 is 0 Å². The molecule has 1 rings (SSSR count). The number of nitrogens with one attached hydrogen (secondary N) is 1. The van der Waals surface area contributed by atoms with Gasteiger partial charge in [0.25, 0.3) is 5.69 Å². The van der Waals surface area contributed by atoms with Gasteiger partial charge in [0.05, 0.1) is 11.5 Å². The van der Waals surface area contributed by atoms with Gasteiger partial charge in [-0.05, 0) is 19.4 Å². The summed E-state index contributed by atoms with van der Waals surface area (Å²) in [6.07, 6.45) is 0.896. The third-order valence-electron chi connectivity index (χ3n) is 2.34. The second-order valence-electron chi connectivity index (χ2n) is 3.91. The van der Waals surface area contributed by atoms with Crippen molar-refractivity contribution >= 4 is 23.0 Å². The topological polar surface area (TPSA) is 107 Å². The van der Waals surface area contributed by atoms with Crippen LogP contribution in [0.4, 0.5) is 17.1 Å². The van der Waals surface area contributed by atoms with Crippen molar-refractivity contribution in [1.29, 1.82) is 0 Å². The van der Waals surface area contributed by atoms with E-state index in [0.717, 1.165) is 0 Å². The van der Waals surface area contributed by atoms with Crippen LogP contribution in [0.1, 0.15) is 19.8 Å². The van der Waals surface area contributed by atoms with Crippen molar-refractivity contribution in [3.8, 4) is 0 Å². The molecular formula is C12H17N3O4. The van der Waals surface area contributed by atoms with Crippen molar-refractivity contribution in [3.05, 3.63) is 28.3 Å². The highest BCUT2D eigenvalue weighted by atomic mass is 16.6. The van der Waals surface area contributed by atoms with Gasteiger partial charge in [0.15, 0.2) is 0 Å². The van der Waals surface area contributed by atoms with Crippen LogP contribution in [0.3, 0.4) is 0 Å². The van der Waals surface area contributed by atoms with E-state index in [9.17, 15) is 14.9 Å². The zero-order chi connectivity index (χ0) is 14.3. The van der Waals surface area contributed by atoms with Crippen LogP contribution in [0, 0.1) is 10.1 Å². The molecule has 0 radical (unpaired) electrons. The molecular weight excluding hydrogens is 250 g/mol. The minimum atomic E-state index is -0.500. The summed E-state index contributed by atoms with van der Waals surface area (Å²) in [6.45, 7) is 2.63. The molecule has 0 saturated heterocycles. The van der Waals surface area contributed by atoms with Crippen LogP contribution < -0.4 is 11.1 Å². The lowest BCUT2D eigenvalue weighted by Crippen LogP contribution is -2.08. The van der Waals surface area contributed by atoms with Crippen LogP contribution in [0.2, 0.25) is 0 Å². The SMILES string of the molecule is CCOC(=O)CCCNc1cc(N)cc([N+](=O)[O-])c1. The van der Waals surface area contributed by atoms with E-state index in [1.165, 1.54) is 12.1 Å². The van der Waals surface area contributed by atoms with Gasteiger partial charge in [-0.25, -0.2) is 0 Å². The molecule has 1 aromatic rings. The fraction of sp³-hybridized carbons (Fsp3) is 0.417. The number of benzene rings is 1. The zero-order valence-electron chi connectivity index (χ0n) is 10.7. The number of ether oxygens (including phenoxy) is 1. The third kappa shape index (κ3) is 5.24. The Morgan fingerprint density at radius 3 is 2.84 bits per heavy atom. The minimum Gasteiger partial charge on any atom is -0.466 e. The Morgan fingerprint density at radius 1 is 1.47 bits per heavy atom. The third-order valence-corrected chi connectivity index (χ3v) is 2.34. The van der Waals surface area contributed by atoms with Gasteiger partial charge in [0, 0.05) is 36.5 Å². The van der Waals surface area contributed by atoms with Gasteiger partial charge < -0.3 is 15.8 Å². The normalized spacial score (nSPS) is 9.95. The predicted octanol–water partition coefficient (Wildman–Crippen LogP) is 1.93. The maximum atomic E-state index is 11.1. The average molecular weight is 267 g/mol. The van der Waals surface area contributed by atoms with Crippen LogP contribution in [-0.4, -0.2) is 24.0 Å². The first-order valence-corrected chi connectivity index (χ1v) is 5.97. The number of nitro groups is 1. The van der Waals surface area contributed by atoms with Crippen LogP contribution in [0.5, 0.6) is 0 Å². The molecule has 19 heavy (non-hydrogen) atoms. The van der Waals surface area contributed by atoms with Crippen LogP contribution in [0.15, 0.2) is 18.2 Å². The van der Waals surface area contributed by atoms with Gasteiger partial charge >= 0.3 is 5.97 Å². The van der Waals surface area contributed by atoms with E-state index in [1.807, 2.05) is 0 Å². The van der Waals surface area contributed by atoms with E-state index in [4.69, 9.17) is 10.5 Å². The minimum absolute atomic E-state index is 0.0621. The van der Waals surface area contributed by atoms with E-state index in [2.05, 4.69) is 5.32 Å². The zero-order valence-corrected chi connectivity index (χ0v) is 10.7. The van der Waals surface area contributed by atoms with Gasteiger partial charge in [-0.1, -0.05) is 0 Å². The number of carbonyl (C=O) groups is 1. The Labute approximate surface area is 110 Å². The molecule has 7 nitrogen and oxygen atoms in total. The second kappa shape index (κ2) is 7.20. The number of nitrogens with two attached hydrogens (primary N) is 1. The molecule has 0 fully saturated rings. The summed E-state index contributed by atoms with van der Waals surface area (Å²) in [7, 11) is 0. The number of nitro benzene ring substituents is 1. The standard InChI is InChI=1S/C12H17N3O4/c1-2-19-12(16)4-3-5-14-10-6-9(13)7-11(8-10)15(17)18/h6-8,14H,2-5,13H2,1H3. The van der Waals surface area contributed by atoms with E-state index in [0.29, 0.717) is 37.4 Å². The number of anilines is 2. The molecule has 0 amide bonds. The number of rotatable bonds is 7. The molecule has 0 atom stereocenters. The fourth-order valence-corrected chi connectivity index (χ4v) is 1.54. The number of esters is 1. The molecule has 0 bridgehead atoms. The smallest absolute Gasteiger partial charge is 0.305 e. The number of nitrogens with zero attached hydrogens (tertiary/aromatic N) is 1. The molecule has 0 aliphatic carbocycles. The lowest BCUT2D eigenvalue weighted by atomic mass is 10.2. The summed E-state index contributed by atoms with van der Waals surface area (Å²) in [5.74, 6) is -0.247. The first kappa shape index (κ1) is 14.7. The van der Waals surface area contributed by atoms with Gasteiger partial charge in [0.1, 0.15) is 0 Å². The predicted molar refractivity (Wildman–Crippen MR) is 71.9 cm³/mol. The molecule has 104 valence electrons. The van der Waals surface area contributed by atoms with Crippen LogP contribution in [0.25, 0.3) is 0 Å². The molecule has 0 saturated carbocycles. The summed E-state index contributed by atoms with van der Waals surface area (Å²) in [5, 5.41) is 13.6. The average Bonchev–Trinajstić information content (AvgIpc) is 2.34. The van der Waals surface area contributed by atoms with Gasteiger partial charge in [-0.2, -0.15) is 0 Å². The van der Waals surface area contributed by atoms with Crippen molar-refractivity contribution in [2.45, 2.75) is 19.8 Å². The van der Waals surface area contributed by atoms with E-state index >= 15 is 0 Å². The summed E-state index contributed by atoms with van der Waals surface area (Å²) in [5.41, 5.74) is 6.40. The Morgan fingerprint density at radius 2 is 2.21 bits per heavy atom. The molecule has 7 heteroatoms. The van der Waals surface area contributed by atoms with Crippen molar-refractivity contribution in [2.24, 2.45) is 0 Å². The highest BCUT2D eigenvalue weighted by molar-refractivity contribution is 5.69. The summed E-state index contributed by atoms with van der Waals surface area (Å²) < 4.78 is 4.79. The number of hydrogen-bond acceptors (Lipinski definition) is 6. The van der Waals surface area contributed by atoms with E-state index in [1.54, 1.807) is 13.0 Å². The van der Waals surface area contributed by atoms with Gasteiger partial charge in [-0.3, -0.25) is 14.9 Å². The first-order chi connectivity index (χ1) is 9.02. The fourth-order valence-electron chi connectivity index (χ4n) is 1.54. The molecule has 0 heterocycles. The van der Waals surface area contributed by atoms with Crippen molar-refractivity contribution in [3.63, 3.8) is 0 Å². The number of nitrogen functional groups attached to an aromatic ring is 1. The van der Waals surface area contributed by atoms with E-state index < -0.39 is 4.92 Å². The molecule has 0 spiro atoms. The maximum absolute atomic E-state index is 11.1. The Bertz CT molecular complexity index is 462. The summed E-state index contributed by atoms with van der Waals surface area (Å²) in [6, 6.07) is 4.31. The van der Waals surface area contributed by atoms with Crippen molar-refractivity contribution in [2.75, 3.05) is 24.2 Å². The molecule has 3 N–H and O–H groups in total. The quantitative estimate of drug-likeness (QED) is 0.257. The Kier molecular flexibility index (Phi) is 5.59. The van der Waals surface area contributed by atoms with Crippen LogP contribution in [-0.2, 0) is 9.53 Å². The molecule has 1 aromatic carbocycles. The first-order valence-electron chi connectivity index (χ1n) is 5.97. The highest BCUT2D eigenvalue weighted by Crippen LogP contribution is 2.22. The van der Waals surface area contributed by atoms with E-state index in [-0.39, 0.29) is 11.7 Å². The van der Waals surface area contributed by atoms with Crippen molar-refractivity contribution in [1.82, 2.24) is 0 Å². The maximum Gasteiger partial charge on any atom is 0.305 e. The monoisotopic (exact) mass is 267 g/mol. The summed E-state index contributed by atoms with van der Waals surface area (Å²) >= 11 is 0. The molecule has 0 aliphatic rings. The number of carbonyl (C=O) groups excluding carboxylic acids is 1. The van der Waals surface area contributed by atoms with Crippen molar-refractivity contribution < 1.29 is 14.5 Å².